The molecule has 1 saturated heterocycles. The largest absolute Gasteiger partial charge is 0.493 e. The molecule has 1 amide bonds. The molecule has 1 heterocycles. The number of carbonyl (C=O) groups is 1. The second-order valence-electron chi connectivity index (χ2n) is 6.86. The Morgan fingerprint density at radius 2 is 1.84 bits per heavy atom. The van der Waals surface area contributed by atoms with E-state index in [0.29, 0.717) is 5.02 Å². The van der Waals surface area contributed by atoms with Crippen LogP contribution in [0.25, 0.3) is 0 Å². The summed E-state index contributed by atoms with van der Waals surface area (Å²) in [6.45, 7) is 2.23. The Bertz CT molecular complexity index is 1130. The molecule has 1 fully saturated rings. The molecule has 2 aromatic carbocycles. The summed E-state index contributed by atoms with van der Waals surface area (Å²) in [6.07, 6.45) is 0. The molecular formula is C20H22ClN3O7S. The number of hydrogen-bond acceptors (Lipinski definition) is 7. The summed E-state index contributed by atoms with van der Waals surface area (Å²) >= 11 is 5.91. The number of methoxy groups -OCH3 is 1. The highest BCUT2D eigenvalue weighted by atomic mass is 35.5. The fourth-order valence-corrected chi connectivity index (χ4v) is 5.10. The highest BCUT2D eigenvalue weighted by molar-refractivity contribution is 7.89. The van der Waals surface area contributed by atoms with Crippen LogP contribution in [0.1, 0.15) is 17.3 Å². The average Bonchev–Trinajstić information content (AvgIpc) is 2.78. The first-order valence-electron chi connectivity index (χ1n) is 9.73. The third-order valence-electron chi connectivity index (χ3n) is 4.97. The second kappa shape index (κ2) is 9.72. The third-order valence-corrected chi connectivity index (χ3v) is 7.10. The molecule has 0 unspecified atom stereocenters. The first-order chi connectivity index (χ1) is 15.2. The minimum Gasteiger partial charge on any atom is -0.493 e. The van der Waals surface area contributed by atoms with Crippen LogP contribution in [-0.2, 0) is 10.0 Å². The number of carbonyl (C=O) groups excluding carboxylic acids is 1. The van der Waals surface area contributed by atoms with Gasteiger partial charge >= 0.3 is 0 Å². The Morgan fingerprint density at radius 3 is 2.41 bits per heavy atom. The number of sulfonamides is 1. The Hall–Kier alpha value is -2.89. The summed E-state index contributed by atoms with van der Waals surface area (Å²) in [4.78, 5) is 25.4. The van der Waals surface area contributed by atoms with Crippen LogP contribution < -0.4 is 9.47 Å². The predicted molar refractivity (Wildman–Crippen MR) is 117 cm³/mol. The Balaban J connectivity index is 1.81. The number of halogens is 1. The van der Waals surface area contributed by atoms with Gasteiger partial charge in [-0.25, -0.2) is 8.42 Å². The molecule has 0 saturated carbocycles. The molecule has 0 aromatic heterocycles. The smallest absolute Gasteiger partial charge is 0.286 e. The molecular weight excluding hydrogens is 462 g/mol. The van der Waals surface area contributed by atoms with Crippen molar-refractivity contribution < 1.29 is 27.6 Å². The van der Waals surface area contributed by atoms with E-state index >= 15 is 0 Å². The maximum Gasteiger partial charge on any atom is 0.286 e. The SMILES string of the molecule is CCOc1cc([N+](=O)[O-])c(C(=O)N2CCN(S(=O)(=O)c3cccc(Cl)c3)CC2)cc1OC. The molecule has 172 valence electrons. The normalized spacial score (nSPS) is 14.8. The fourth-order valence-electron chi connectivity index (χ4n) is 3.38. The van der Waals surface area contributed by atoms with Crippen molar-refractivity contribution in [2.24, 2.45) is 0 Å². The number of benzene rings is 2. The molecule has 32 heavy (non-hydrogen) atoms. The van der Waals surface area contributed by atoms with Gasteiger partial charge < -0.3 is 14.4 Å². The minimum absolute atomic E-state index is 0.0442. The lowest BCUT2D eigenvalue weighted by atomic mass is 10.1. The van der Waals surface area contributed by atoms with Crippen LogP contribution in [0.3, 0.4) is 0 Å². The Morgan fingerprint density at radius 1 is 1.16 bits per heavy atom. The van der Waals surface area contributed by atoms with Crippen molar-refractivity contribution in [3.8, 4) is 11.5 Å². The van der Waals surface area contributed by atoms with E-state index in [1.165, 1.54) is 34.5 Å². The Kier molecular flexibility index (Phi) is 7.22. The van der Waals surface area contributed by atoms with Gasteiger partial charge in [0.05, 0.1) is 29.6 Å². The lowest BCUT2D eigenvalue weighted by molar-refractivity contribution is -0.385. The van der Waals surface area contributed by atoms with Crippen LogP contribution in [0, 0.1) is 10.1 Å². The number of nitro groups is 1. The van der Waals surface area contributed by atoms with E-state index in [0.717, 1.165) is 6.07 Å². The van der Waals surface area contributed by atoms with Gasteiger partial charge in [-0.2, -0.15) is 4.31 Å². The van der Waals surface area contributed by atoms with Gasteiger partial charge in [0.25, 0.3) is 11.6 Å². The van der Waals surface area contributed by atoms with Crippen LogP contribution in [-0.4, -0.2) is 68.3 Å². The highest BCUT2D eigenvalue weighted by Crippen LogP contribution is 2.35. The summed E-state index contributed by atoms with van der Waals surface area (Å²) in [6, 6.07) is 8.39. The van der Waals surface area contributed by atoms with Gasteiger partial charge in [-0.3, -0.25) is 14.9 Å². The van der Waals surface area contributed by atoms with E-state index in [4.69, 9.17) is 21.1 Å². The molecule has 1 aliphatic rings. The van der Waals surface area contributed by atoms with Crippen molar-refractivity contribution in [1.82, 2.24) is 9.21 Å². The lowest BCUT2D eigenvalue weighted by Gasteiger charge is -2.34. The molecule has 0 aliphatic carbocycles. The van der Waals surface area contributed by atoms with Crippen LogP contribution in [0.15, 0.2) is 41.3 Å². The topological polar surface area (TPSA) is 119 Å². The molecule has 10 nitrogen and oxygen atoms in total. The van der Waals surface area contributed by atoms with Crippen molar-refractivity contribution >= 4 is 33.2 Å². The highest BCUT2D eigenvalue weighted by Gasteiger charge is 2.33. The van der Waals surface area contributed by atoms with Crippen molar-refractivity contribution in [2.75, 3.05) is 39.9 Å². The zero-order valence-corrected chi connectivity index (χ0v) is 19.1. The predicted octanol–water partition coefficient (Wildman–Crippen LogP) is 2.80. The van der Waals surface area contributed by atoms with E-state index in [1.807, 2.05) is 0 Å². The third kappa shape index (κ3) is 4.79. The number of hydrogen-bond donors (Lipinski definition) is 0. The minimum atomic E-state index is -3.78. The molecule has 0 N–H and O–H groups in total. The summed E-state index contributed by atoms with van der Waals surface area (Å²) in [5.74, 6) is -0.225. The summed E-state index contributed by atoms with van der Waals surface area (Å²) in [5, 5.41) is 11.9. The van der Waals surface area contributed by atoms with Gasteiger partial charge in [-0.05, 0) is 25.1 Å². The molecule has 0 bridgehead atoms. The number of amides is 1. The molecule has 0 atom stereocenters. The lowest BCUT2D eigenvalue weighted by Crippen LogP contribution is -2.50. The molecule has 0 spiro atoms. The maximum atomic E-state index is 13.1. The van der Waals surface area contributed by atoms with Crippen LogP contribution in [0.5, 0.6) is 11.5 Å². The average molecular weight is 484 g/mol. The number of ether oxygens (including phenoxy) is 2. The van der Waals surface area contributed by atoms with Crippen LogP contribution in [0.2, 0.25) is 5.02 Å². The van der Waals surface area contributed by atoms with Crippen molar-refractivity contribution in [3.05, 3.63) is 57.1 Å². The van der Waals surface area contributed by atoms with Crippen molar-refractivity contribution in [1.29, 1.82) is 0 Å². The second-order valence-corrected chi connectivity index (χ2v) is 9.24. The monoisotopic (exact) mass is 483 g/mol. The van der Waals surface area contributed by atoms with Gasteiger partial charge in [-0.1, -0.05) is 17.7 Å². The molecule has 0 radical (unpaired) electrons. The summed E-state index contributed by atoms with van der Waals surface area (Å²) in [7, 11) is -2.40. The van der Waals surface area contributed by atoms with E-state index in [1.54, 1.807) is 19.1 Å². The molecule has 2 aromatic rings. The first kappa shape index (κ1) is 23.8. The maximum absolute atomic E-state index is 13.1. The van der Waals surface area contributed by atoms with Gasteiger partial charge in [0.15, 0.2) is 11.5 Å². The molecule has 3 rings (SSSR count). The standard InChI is InChI=1S/C20H22ClN3O7S/c1-3-31-19-13-17(24(26)27)16(12-18(19)30-2)20(25)22-7-9-23(10-8-22)32(28,29)15-6-4-5-14(21)11-15/h4-6,11-13H,3,7-10H2,1-2H3. The number of rotatable bonds is 7. The van der Waals surface area contributed by atoms with Gasteiger partial charge in [0.2, 0.25) is 10.0 Å². The Labute approximate surface area is 190 Å². The van der Waals surface area contributed by atoms with Gasteiger partial charge in [0, 0.05) is 37.3 Å². The number of piperazine rings is 1. The number of nitro benzene ring substituents is 1. The van der Waals surface area contributed by atoms with E-state index < -0.39 is 26.5 Å². The fraction of sp³-hybridized carbons (Fsp3) is 0.350. The van der Waals surface area contributed by atoms with Crippen molar-refractivity contribution in [2.45, 2.75) is 11.8 Å². The molecule has 1 aliphatic heterocycles. The zero-order valence-electron chi connectivity index (χ0n) is 17.5. The molecule has 12 heteroatoms. The van der Waals surface area contributed by atoms with Crippen LogP contribution >= 0.6 is 11.6 Å². The van der Waals surface area contributed by atoms with Crippen molar-refractivity contribution in [3.63, 3.8) is 0 Å². The quantitative estimate of drug-likeness (QED) is 0.438. The summed E-state index contributed by atoms with van der Waals surface area (Å²) in [5.41, 5.74) is -0.560. The first-order valence-corrected chi connectivity index (χ1v) is 11.5. The van der Waals surface area contributed by atoms with E-state index in [9.17, 15) is 23.3 Å². The van der Waals surface area contributed by atoms with Gasteiger partial charge in [-0.15, -0.1) is 0 Å². The zero-order chi connectivity index (χ0) is 23.5. The van der Waals surface area contributed by atoms with Gasteiger partial charge in [0.1, 0.15) is 5.56 Å². The van der Waals surface area contributed by atoms with Crippen LogP contribution in [0.4, 0.5) is 5.69 Å². The van der Waals surface area contributed by atoms with E-state index in [2.05, 4.69) is 0 Å². The summed E-state index contributed by atoms with van der Waals surface area (Å²) < 4.78 is 37.5. The van der Waals surface area contributed by atoms with E-state index in [-0.39, 0.29) is 54.7 Å². The number of nitrogens with zero attached hydrogens (tertiary/aromatic N) is 3.